The number of carbonyl (C=O) groups excluding carboxylic acids is 4. The molecule has 0 fully saturated rings. The number of nitrogens with zero attached hydrogens (tertiary/aromatic N) is 3. The van der Waals surface area contributed by atoms with Gasteiger partial charge in [0.15, 0.2) is 11.0 Å². The van der Waals surface area contributed by atoms with E-state index in [0.717, 1.165) is 22.5 Å². The van der Waals surface area contributed by atoms with Gasteiger partial charge in [-0.25, -0.2) is 9.59 Å². The molecule has 0 radical (unpaired) electrons. The van der Waals surface area contributed by atoms with Crippen molar-refractivity contribution in [3.05, 3.63) is 93.6 Å². The molecule has 0 aliphatic heterocycles. The number of thioether (sulfide) groups is 1. The van der Waals surface area contributed by atoms with Gasteiger partial charge < -0.3 is 24.7 Å². The fourth-order valence-electron chi connectivity index (χ4n) is 4.42. The van der Waals surface area contributed by atoms with Crippen LogP contribution in [-0.4, -0.2) is 57.5 Å². The molecule has 13 heteroatoms. The van der Waals surface area contributed by atoms with Crippen LogP contribution in [0.2, 0.25) is 0 Å². The van der Waals surface area contributed by atoms with Crippen LogP contribution < -0.4 is 10.6 Å². The lowest BCUT2D eigenvalue weighted by molar-refractivity contribution is -0.120. The van der Waals surface area contributed by atoms with Crippen molar-refractivity contribution in [3.8, 4) is 0 Å². The summed E-state index contributed by atoms with van der Waals surface area (Å²) in [6.07, 6.45) is 0.937. The number of benzene rings is 2. The molecule has 2 aromatic carbocycles. The monoisotopic (exact) mass is 649 g/mol. The molecule has 2 aromatic heterocycles. The number of aromatic nitrogens is 3. The Balaban J connectivity index is 1.47. The Morgan fingerprint density at radius 2 is 1.51 bits per heavy atom. The number of hydrogen-bond acceptors (Lipinski definition) is 10. The van der Waals surface area contributed by atoms with Crippen molar-refractivity contribution in [1.29, 1.82) is 0 Å². The molecule has 236 valence electrons. The Kier molecular flexibility index (Phi) is 12.3. The van der Waals surface area contributed by atoms with E-state index in [9.17, 15) is 19.2 Å². The first-order chi connectivity index (χ1) is 21.8. The number of anilines is 1. The van der Waals surface area contributed by atoms with E-state index in [1.165, 1.54) is 11.8 Å². The number of aryl methyl sites for hydroxylation is 1. The third-order valence-electron chi connectivity index (χ3n) is 6.58. The van der Waals surface area contributed by atoms with E-state index in [2.05, 4.69) is 20.8 Å². The standard InChI is InChI=1S/C32H35N5O6S2/c1-4-42-30(40)27-21(3)28(31(41)43-5-2)45-29(27)34-26(39)20-44-32-36-35-24(37(32)17-16-22-12-8-6-9-13-22)19-33-25(38)18-23-14-10-7-11-15-23/h6-15H,4-5,16-20H2,1-3H3,(H,33,38)(H,34,39). The van der Waals surface area contributed by atoms with Gasteiger partial charge in [0.25, 0.3) is 0 Å². The number of esters is 2. The van der Waals surface area contributed by atoms with E-state index < -0.39 is 17.8 Å². The summed E-state index contributed by atoms with van der Waals surface area (Å²) < 4.78 is 12.2. The molecule has 0 atom stereocenters. The SMILES string of the molecule is CCOC(=O)c1sc(NC(=O)CSc2nnc(CNC(=O)Cc3ccccc3)n2CCc2ccccc2)c(C(=O)OCC)c1C. The van der Waals surface area contributed by atoms with Crippen LogP contribution in [0.25, 0.3) is 0 Å². The zero-order valence-electron chi connectivity index (χ0n) is 25.3. The van der Waals surface area contributed by atoms with Gasteiger partial charge in [0.05, 0.1) is 37.5 Å². The number of thiophene rings is 1. The van der Waals surface area contributed by atoms with Crippen LogP contribution in [0.4, 0.5) is 5.00 Å². The average Bonchev–Trinajstić information content (AvgIpc) is 3.58. The van der Waals surface area contributed by atoms with Crippen molar-refractivity contribution in [2.45, 2.75) is 51.9 Å². The Hall–Kier alpha value is -4.49. The highest BCUT2D eigenvalue weighted by Crippen LogP contribution is 2.34. The Morgan fingerprint density at radius 3 is 2.18 bits per heavy atom. The van der Waals surface area contributed by atoms with E-state index >= 15 is 0 Å². The van der Waals surface area contributed by atoms with Gasteiger partial charge in [0.1, 0.15) is 9.88 Å². The summed E-state index contributed by atoms with van der Waals surface area (Å²) in [6, 6.07) is 19.4. The summed E-state index contributed by atoms with van der Waals surface area (Å²) in [4.78, 5) is 51.1. The molecule has 0 aliphatic carbocycles. The van der Waals surface area contributed by atoms with E-state index in [4.69, 9.17) is 9.47 Å². The van der Waals surface area contributed by atoms with E-state index in [-0.39, 0.29) is 53.3 Å². The van der Waals surface area contributed by atoms with Crippen molar-refractivity contribution in [3.63, 3.8) is 0 Å². The second-order valence-corrected chi connectivity index (χ2v) is 11.7. The summed E-state index contributed by atoms with van der Waals surface area (Å²) in [6.45, 7) is 6.01. The minimum absolute atomic E-state index is 0.0439. The Labute approximate surface area is 269 Å². The van der Waals surface area contributed by atoms with Gasteiger partial charge in [-0.1, -0.05) is 72.4 Å². The quantitative estimate of drug-likeness (QED) is 0.137. The van der Waals surface area contributed by atoms with Gasteiger partial charge in [0.2, 0.25) is 11.8 Å². The molecule has 4 rings (SSSR count). The fraction of sp³-hybridized carbons (Fsp3) is 0.312. The van der Waals surface area contributed by atoms with Crippen molar-refractivity contribution >= 4 is 51.9 Å². The molecule has 0 saturated heterocycles. The molecule has 0 saturated carbocycles. The first-order valence-corrected chi connectivity index (χ1v) is 16.3. The summed E-state index contributed by atoms with van der Waals surface area (Å²) in [7, 11) is 0. The molecule has 0 bridgehead atoms. The van der Waals surface area contributed by atoms with Crippen molar-refractivity contribution in [2.75, 3.05) is 24.3 Å². The lowest BCUT2D eigenvalue weighted by Crippen LogP contribution is -2.26. The molecular weight excluding hydrogens is 615 g/mol. The van der Waals surface area contributed by atoms with Crippen LogP contribution in [0.1, 0.15) is 56.4 Å². The average molecular weight is 650 g/mol. The number of hydrogen-bond donors (Lipinski definition) is 2. The molecular formula is C32H35N5O6S2. The Morgan fingerprint density at radius 1 is 0.867 bits per heavy atom. The number of rotatable bonds is 15. The highest BCUT2D eigenvalue weighted by atomic mass is 32.2. The third kappa shape index (κ3) is 9.25. The molecule has 0 spiro atoms. The second kappa shape index (κ2) is 16.5. The molecule has 2 amide bonds. The number of ether oxygens (including phenoxy) is 2. The van der Waals surface area contributed by atoms with Crippen molar-refractivity contribution < 1.29 is 28.7 Å². The fourth-order valence-corrected chi connectivity index (χ4v) is 6.31. The molecule has 4 aromatic rings. The molecule has 0 aliphatic rings. The van der Waals surface area contributed by atoms with Crippen molar-refractivity contribution in [2.24, 2.45) is 0 Å². The van der Waals surface area contributed by atoms with E-state index in [1.54, 1.807) is 20.8 Å². The van der Waals surface area contributed by atoms with Gasteiger partial charge in [-0.2, -0.15) is 0 Å². The first kappa shape index (κ1) is 33.4. The maximum Gasteiger partial charge on any atom is 0.348 e. The molecule has 2 N–H and O–H groups in total. The highest BCUT2D eigenvalue weighted by molar-refractivity contribution is 7.99. The third-order valence-corrected chi connectivity index (χ3v) is 8.74. The zero-order chi connectivity index (χ0) is 32.2. The van der Waals surface area contributed by atoms with Crippen LogP contribution in [0.5, 0.6) is 0 Å². The van der Waals surface area contributed by atoms with Gasteiger partial charge in [-0.3, -0.25) is 9.59 Å². The van der Waals surface area contributed by atoms with E-state index in [0.29, 0.717) is 29.5 Å². The molecule has 2 heterocycles. The second-order valence-electron chi connectivity index (χ2n) is 9.76. The van der Waals surface area contributed by atoms with Gasteiger partial charge in [0, 0.05) is 6.54 Å². The predicted molar refractivity (Wildman–Crippen MR) is 172 cm³/mol. The summed E-state index contributed by atoms with van der Waals surface area (Å²) in [5.74, 6) is -1.24. The van der Waals surface area contributed by atoms with Crippen LogP contribution >= 0.6 is 23.1 Å². The molecule has 45 heavy (non-hydrogen) atoms. The topological polar surface area (TPSA) is 142 Å². The normalized spacial score (nSPS) is 10.7. The van der Waals surface area contributed by atoms with Crippen LogP contribution in [-0.2, 0) is 45.0 Å². The summed E-state index contributed by atoms with van der Waals surface area (Å²) >= 11 is 2.15. The number of amides is 2. The zero-order valence-corrected chi connectivity index (χ0v) is 27.0. The lowest BCUT2D eigenvalue weighted by Gasteiger charge is -2.11. The minimum Gasteiger partial charge on any atom is -0.462 e. The van der Waals surface area contributed by atoms with Gasteiger partial charge >= 0.3 is 11.9 Å². The van der Waals surface area contributed by atoms with Gasteiger partial charge in [-0.15, -0.1) is 21.5 Å². The van der Waals surface area contributed by atoms with Crippen molar-refractivity contribution in [1.82, 2.24) is 20.1 Å². The molecule has 0 unspecified atom stereocenters. The number of nitrogens with one attached hydrogen (secondary N) is 2. The maximum atomic E-state index is 13.1. The van der Waals surface area contributed by atoms with Gasteiger partial charge in [-0.05, 0) is 43.9 Å². The van der Waals surface area contributed by atoms with E-state index in [1.807, 2.05) is 65.2 Å². The lowest BCUT2D eigenvalue weighted by atomic mass is 10.1. The first-order valence-electron chi connectivity index (χ1n) is 14.5. The van der Waals surface area contributed by atoms with Crippen LogP contribution in [0.15, 0.2) is 65.8 Å². The number of carbonyl (C=O) groups is 4. The smallest absolute Gasteiger partial charge is 0.348 e. The molecule has 11 nitrogen and oxygen atoms in total. The summed E-state index contributed by atoms with van der Waals surface area (Å²) in [5.41, 5.74) is 2.54. The Bertz CT molecular complexity index is 1620. The van der Waals surface area contributed by atoms with Crippen LogP contribution in [0.3, 0.4) is 0 Å². The largest absolute Gasteiger partial charge is 0.462 e. The minimum atomic E-state index is -0.635. The highest BCUT2D eigenvalue weighted by Gasteiger charge is 2.27. The summed E-state index contributed by atoms with van der Waals surface area (Å²) in [5, 5.41) is 15.0. The predicted octanol–water partition coefficient (Wildman–Crippen LogP) is 4.83. The van der Waals surface area contributed by atoms with Crippen LogP contribution in [0, 0.1) is 6.92 Å². The maximum absolute atomic E-state index is 13.1.